The van der Waals surface area contributed by atoms with Crippen LogP contribution in [0.1, 0.15) is 16.1 Å². The van der Waals surface area contributed by atoms with Gasteiger partial charge >= 0.3 is 5.69 Å². The molecule has 0 atom stereocenters. The molecule has 1 amide bonds. The molecule has 1 N–H and O–H groups in total. The number of aromatic nitrogens is 7. The van der Waals surface area contributed by atoms with Crippen molar-refractivity contribution in [3.05, 3.63) is 66.5 Å². The van der Waals surface area contributed by atoms with Crippen LogP contribution in [0.25, 0.3) is 0 Å². The number of hydrogen-bond acceptors (Lipinski definition) is 9. The topological polar surface area (TPSA) is 173 Å². The average Bonchev–Trinajstić information content (AvgIpc) is 3.06. The van der Waals surface area contributed by atoms with Crippen molar-refractivity contribution in [2.75, 3.05) is 5.32 Å². The van der Waals surface area contributed by atoms with Gasteiger partial charge in [-0.15, -0.1) is 0 Å². The van der Waals surface area contributed by atoms with Gasteiger partial charge < -0.3 is 0 Å². The number of tetrazole rings is 1. The minimum absolute atomic E-state index is 0.0121. The van der Waals surface area contributed by atoms with Crippen molar-refractivity contribution in [1.82, 2.24) is 34.6 Å². The third-order valence-electron chi connectivity index (χ3n) is 3.75. The quantitative estimate of drug-likeness (QED) is 0.411. The van der Waals surface area contributed by atoms with Crippen molar-refractivity contribution in [2.24, 2.45) is 14.1 Å². The number of nitrogens with one attached hydrogen (secondary N) is 1. The molecule has 14 nitrogen and oxygen atoms in total. The molecule has 0 bridgehead atoms. The first-order valence-electron chi connectivity index (χ1n) is 7.73. The standard InChI is InChI=1S/C14H13N9O5/c1-20-13(16-18-19-20)15-11(24)10-12(25)22(14(26)21(2)17-10)7-8-3-5-9(6-4-8)23(27)28/h3-6H,7H2,1-2H3,(H,15,16,19,24). The molecule has 1 aromatic carbocycles. The van der Waals surface area contributed by atoms with Crippen molar-refractivity contribution in [3.63, 3.8) is 0 Å². The number of benzene rings is 1. The van der Waals surface area contributed by atoms with Crippen molar-refractivity contribution in [3.8, 4) is 0 Å². The Morgan fingerprint density at radius 3 is 2.43 bits per heavy atom. The summed E-state index contributed by atoms with van der Waals surface area (Å²) < 4.78 is 2.82. The molecule has 2 aromatic heterocycles. The highest BCUT2D eigenvalue weighted by molar-refractivity contribution is 6.01. The first kappa shape index (κ1) is 18.6. The van der Waals surface area contributed by atoms with E-state index in [0.29, 0.717) is 5.56 Å². The lowest BCUT2D eigenvalue weighted by Gasteiger charge is -2.09. The van der Waals surface area contributed by atoms with E-state index in [4.69, 9.17) is 0 Å². The maximum Gasteiger partial charge on any atom is 0.347 e. The number of rotatable bonds is 5. The highest BCUT2D eigenvalue weighted by Crippen LogP contribution is 2.12. The van der Waals surface area contributed by atoms with Gasteiger partial charge in [-0.05, 0) is 16.0 Å². The van der Waals surface area contributed by atoms with Gasteiger partial charge in [0, 0.05) is 26.2 Å². The van der Waals surface area contributed by atoms with Gasteiger partial charge in [0.2, 0.25) is 11.6 Å². The fourth-order valence-electron chi connectivity index (χ4n) is 2.31. The zero-order valence-corrected chi connectivity index (χ0v) is 14.6. The molecule has 0 saturated heterocycles. The maximum atomic E-state index is 12.6. The van der Waals surface area contributed by atoms with E-state index in [1.54, 1.807) is 0 Å². The molecular formula is C14H13N9O5. The summed E-state index contributed by atoms with van der Waals surface area (Å²) in [4.78, 5) is 47.5. The third-order valence-corrected chi connectivity index (χ3v) is 3.75. The second-order valence-corrected chi connectivity index (χ2v) is 5.65. The number of hydrogen-bond donors (Lipinski definition) is 1. The van der Waals surface area contributed by atoms with Crippen LogP contribution < -0.4 is 16.6 Å². The third kappa shape index (κ3) is 3.50. The zero-order chi connectivity index (χ0) is 20.4. The van der Waals surface area contributed by atoms with Crippen LogP contribution in [-0.4, -0.2) is 45.4 Å². The van der Waals surface area contributed by atoms with Crippen LogP contribution in [0, 0.1) is 10.1 Å². The summed E-state index contributed by atoms with van der Waals surface area (Å²) in [6.07, 6.45) is 0. The van der Waals surface area contributed by atoms with Gasteiger partial charge in [-0.3, -0.25) is 29.6 Å². The number of nitro groups is 1. The number of non-ortho nitro benzene ring substituents is 1. The Morgan fingerprint density at radius 2 is 1.86 bits per heavy atom. The summed E-state index contributed by atoms with van der Waals surface area (Å²) in [6, 6.07) is 5.33. The SMILES string of the molecule is Cn1nnnc1NC(=O)c1nn(C)c(=O)n(Cc2ccc([N+](=O)[O-])cc2)c1=O. The van der Waals surface area contributed by atoms with Crippen LogP contribution in [-0.2, 0) is 20.6 Å². The average molecular weight is 387 g/mol. The molecule has 0 radical (unpaired) electrons. The number of anilines is 1. The van der Waals surface area contributed by atoms with Crippen LogP contribution in [0.3, 0.4) is 0 Å². The van der Waals surface area contributed by atoms with Gasteiger partial charge in [0.05, 0.1) is 11.5 Å². The van der Waals surface area contributed by atoms with E-state index in [-0.39, 0.29) is 18.2 Å². The van der Waals surface area contributed by atoms with Gasteiger partial charge in [0.15, 0.2) is 0 Å². The van der Waals surface area contributed by atoms with E-state index in [0.717, 1.165) is 9.25 Å². The molecule has 3 rings (SSSR count). The number of nitro benzene ring substituents is 1. The normalized spacial score (nSPS) is 10.6. The fourth-order valence-corrected chi connectivity index (χ4v) is 2.31. The smallest absolute Gasteiger partial charge is 0.288 e. The predicted molar refractivity (Wildman–Crippen MR) is 92.7 cm³/mol. The van der Waals surface area contributed by atoms with E-state index in [1.165, 1.54) is 43.0 Å². The summed E-state index contributed by atoms with van der Waals surface area (Å²) in [5.41, 5.74) is -1.88. The second kappa shape index (κ2) is 7.18. The molecule has 0 fully saturated rings. The summed E-state index contributed by atoms with van der Waals surface area (Å²) >= 11 is 0. The predicted octanol–water partition coefficient (Wildman–Crippen LogP) is -1.33. The molecule has 0 spiro atoms. The molecule has 0 aliphatic rings. The Balaban J connectivity index is 1.97. The molecule has 0 aliphatic heterocycles. The van der Waals surface area contributed by atoms with Crippen LogP contribution >= 0.6 is 0 Å². The lowest BCUT2D eigenvalue weighted by molar-refractivity contribution is -0.384. The monoisotopic (exact) mass is 387 g/mol. The Hall–Kier alpha value is -4.23. The van der Waals surface area contributed by atoms with Gasteiger partial charge in [-0.1, -0.05) is 17.2 Å². The number of amides is 1. The second-order valence-electron chi connectivity index (χ2n) is 5.65. The lowest BCUT2D eigenvalue weighted by Crippen LogP contribution is -2.44. The van der Waals surface area contributed by atoms with Crippen molar-refractivity contribution in [2.45, 2.75) is 6.54 Å². The van der Waals surface area contributed by atoms with Crippen LogP contribution in [0.2, 0.25) is 0 Å². The van der Waals surface area contributed by atoms with Gasteiger partial charge in [0.1, 0.15) is 0 Å². The van der Waals surface area contributed by atoms with E-state index in [1.807, 2.05) is 0 Å². The fraction of sp³-hybridized carbons (Fsp3) is 0.214. The molecule has 3 aromatic rings. The van der Waals surface area contributed by atoms with E-state index < -0.39 is 27.8 Å². The first-order valence-corrected chi connectivity index (χ1v) is 7.73. The number of carbonyl (C=O) groups excluding carboxylic acids is 1. The molecule has 144 valence electrons. The van der Waals surface area contributed by atoms with E-state index in [9.17, 15) is 24.5 Å². The molecular weight excluding hydrogens is 374 g/mol. The minimum atomic E-state index is -0.922. The van der Waals surface area contributed by atoms with Crippen molar-refractivity contribution < 1.29 is 9.72 Å². The molecule has 0 unspecified atom stereocenters. The number of carbonyl (C=O) groups is 1. The summed E-state index contributed by atoms with van der Waals surface area (Å²) in [5.74, 6) is -0.905. The molecule has 14 heteroatoms. The van der Waals surface area contributed by atoms with Gasteiger partial charge in [-0.2, -0.15) is 5.10 Å². The van der Waals surface area contributed by atoms with Crippen molar-refractivity contribution in [1.29, 1.82) is 0 Å². The summed E-state index contributed by atoms with van der Waals surface area (Å²) in [7, 11) is 2.77. The molecule has 28 heavy (non-hydrogen) atoms. The van der Waals surface area contributed by atoms with Crippen molar-refractivity contribution >= 4 is 17.5 Å². The van der Waals surface area contributed by atoms with Gasteiger partial charge in [0.25, 0.3) is 17.2 Å². The summed E-state index contributed by atoms with van der Waals surface area (Å²) in [6.45, 7) is -0.197. The molecule has 0 saturated carbocycles. The van der Waals surface area contributed by atoms with E-state index >= 15 is 0 Å². The highest BCUT2D eigenvalue weighted by atomic mass is 16.6. The maximum absolute atomic E-state index is 12.6. The number of nitrogens with zero attached hydrogens (tertiary/aromatic N) is 8. The first-order chi connectivity index (χ1) is 13.3. The van der Waals surface area contributed by atoms with Crippen LogP contribution in [0.15, 0.2) is 33.9 Å². The zero-order valence-electron chi connectivity index (χ0n) is 14.6. The van der Waals surface area contributed by atoms with Crippen LogP contribution in [0.5, 0.6) is 0 Å². The molecule has 2 heterocycles. The minimum Gasteiger partial charge on any atom is -0.288 e. The molecule has 0 aliphatic carbocycles. The van der Waals surface area contributed by atoms with E-state index in [2.05, 4.69) is 25.9 Å². The largest absolute Gasteiger partial charge is 0.347 e. The summed E-state index contributed by atoms with van der Waals surface area (Å²) in [5, 5.41) is 27.2. The van der Waals surface area contributed by atoms with Crippen LogP contribution in [0.4, 0.5) is 11.6 Å². The Morgan fingerprint density at radius 1 is 1.18 bits per heavy atom. The lowest BCUT2D eigenvalue weighted by atomic mass is 10.2. The Labute approximate surface area is 155 Å². The Bertz CT molecular complexity index is 1180. The highest BCUT2D eigenvalue weighted by Gasteiger charge is 2.20. The van der Waals surface area contributed by atoms with Gasteiger partial charge in [-0.25, -0.2) is 14.2 Å². The Kier molecular flexibility index (Phi) is 4.76. The number of aryl methyl sites for hydroxylation is 2.